The molecule has 0 aliphatic carbocycles. The van der Waals surface area contributed by atoms with E-state index in [2.05, 4.69) is 0 Å². The maximum absolute atomic E-state index is 12.6. The summed E-state index contributed by atoms with van der Waals surface area (Å²) in [7, 11) is 0. The zero-order valence-corrected chi connectivity index (χ0v) is 12.9. The highest BCUT2D eigenvalue weighted by Crippen LogP contribution is 2.17. The minimum absolute atomic E-state index is 0.195. The van der Waals surface area contributed by atoms with Crippen LogP contribution < -0.4 is 0 Å². The van der Waals surface area contributed by atoms with E-state index in [9.17, 15) is 9.59 Å². The first kappa shape index (κ1) is 16.0. The normalized spacial score (nSPS) is 11.7. The lowest BCUT2D eigenvalue weighted by Crippen LogP contribution is -2.28. The maximum atomic E-state index is 12.6. The van der Waals surface area contributed by atoms with Crippen LogP contribution in [0.4, 0.5) is 0 Å². The van der Waals surface area contributed by atoms with Crippen molar-refractivity contribution in [2.45, 2.75) is 20.3 Å². The Morgan fingerprint density at radius 1 is 1.00 bits per heavy atom. The summed E-state index contributed by atoms with van der Waals surface area (Å²) in [4.78, 5) is 24.8. The summed E-state index contributed by atoms with van der Waals surface area (Å²) in [5.74, 6) is -1.46. The molecule has 0 fully saturated rings. The largest absolute Gasteiger partial charge is 0.465 e. The van der Waals surface area contributed by atoms with Crippen LogP contribution in [0.2, 0.25) is 0 Å². The maximum Gasteiger partial charge on any atom is 0.317 e. The lowest BCUT2D eigenvalue weighted by atomic mass is 9.91. The molecule has 0 aromatic heterocycles. The van der Waals surface area contributed by atoms with E-state index in [0.29, 0.717) is 12.0 Å². The molecule has 22 heavy (non-hydrogen) atoms. The summed E-state index contributed by atoms with van der Waals surface area (Å²) in [5.41, 5.74) is 2.63. The van der Waals surface area contributed by atoms with Crippen molar-refractivity contribution in [2.24, 2.45) is 5.92 Å². The molecule has 0 aliphatic rings. The van der Waals surface area contributed by atoms with Crippen LogP contribution in [-0.4, -0.2) is 18.4 Å². The van der Waals surface area contributed by atoms with E-state index in [4.69, 9.17) is 4.74 Å². The Balaban J connectivity index is 2.24. The summed E-state index contributed by atoms with van der Waals surface area (Å²) < 4.78 is 5.08. The summed E-state index contributed by atoms with van der Waals surface area (Å²) in [5, 5.41) is 0. The second-order valence-corrected chi connectivity index (χ2v) is 5.22. The van der Waals surface area contributed by atoms with E-state index in [1.165, 1.54) is 0 Å². The topological polar surface area (TPSA) is 43.4 Å². The SMILES string of the molecule is CCOC(=O)C(Cc1ccc(C)cc1)C(=O)c1ccccc1. The van der Waals surface area contributed by atoms with Crippen LogP contribution in [0.15, 0.2) is 54.6 Å². The summed E-state index contributed by atoms with van der Waals surface area (Å²) >= 11 is 0. The molecule has 0 bridgehead atoms. The lowest BCUT2D eigenvalue weighted by molar-refractivity contribution is -0.146. The van der Waals surface area contributed by atoms with Crippen molar-refractivity contribution in [3.8, 4) is 0 Å². The fourth-order valence-electron chi connectivity index (χ4n) is 2.29. The van der Waals surface area contributed by atoms with Gasteiger partial charge in [0.1, 0.15) is 5.92 Å². The molecule has 0 amide bonds. The van der Waals surface area contributed by atoms with Crippen LogP contribution in [-0.2, 0) is 16.0 Å². The molecule has 114 valence electrons. The Bertz CT molecular complexity index is 629. The van der Waals surface area contributed by atoms with Gasteiger partial charge in [0, 0.05) is 5.56 Å². The Morgan fingerprint density at radius 3 is 2.23 bits per heavy atom. The first-order valence-corrected chi connectivity index (χ1v) is 7.43. The van der Waals surface area contributed by atoms with Gasteiger partial charge in [-0.1, -0.05) is 60.2 Å². The lowest BCUT2D eigenvalue weighted by Gasteiger charge is -2.15. The van der Waals surface area contributed by atoms with Crippen molar-refractivity contribution in [2.75, 3.05) is 6.61 Å². The quantitative estimate of drug-likeness (QED) is 0.465. The van der Waals surface area contributed by atoms with E-state index in [1.807, 2.05) is 37.3 Å². The van der Waals surface area contributed by atoms with E-state index < -0.39 is 11.9 Å². The molecule has 2 rings (SSSR count). The molecule has 0 N–H and O–H groups in total. The van der Waals surface area contributed by atoms with Crippen LogP contribution in [0.1, 0.15) is 28.4 Å². The minimum atomic E-state index is -0.801. The highest BCUT2D eigenvalue weighted by atomic mass is 16.5. The highest BCUT2D eigenvalue weighted by molar-refractivity contribution is 6.08. The molecule has 0 radical (unpaired) electrons. The molecule has 1 atom stereocenters. The smallest absolute Gasteiger partial charge is 0.317 e. The average molecular weight is 296 g/mol. The predicted octanol–water partition coefficient (Wildman–Crippen LogP) is 3.60. The molecule has 0 saturated heterocycles. The molecule has 0 spiro atoms. The third kappa shape index (κ3) is 4.04. The van der Waals surface area contributed by atoms with E-state index in [-0.39, 0.29) is 12.4 Å². The highest BCUT2D eigenvalue weighted by Gasteiger charge is 2.29. The number of Topliss-reactive ketones (excluding diaryl/α,β-unsaturated/α-hetero) is 1. The number of benzene rings is 2. The Morgan fingerprint density at radius 2 is 1.64 bits per heavy atom. The van der Waals surface area contributed by atoms with Gasteiger partial charge in [0.15, 0.2) is 5.78 Å². The fourth-order valence-corrected chi connectivity index (χ4v) is 2.29. The standard InChI is InChI=1S/C19H20O3/c1-3-22-19(21)17(13-15-11-9-14(2)10-12-15)18(20)16-7-5-4-6-8-16/h4-12,17H,3,13H2,1-2H3. The van der Waals surface area contributed by atoms with Gasteiger partial charge in [0.05, 0.1) is 6.61 Å². The number of ether oxygens (including phenoxy) is 1. The second kappa shape index (κ2) is 7.55. The number of rotatable bonds is 6. The van der Waals surface area contributed by atoms with Gasteiger partial charge in [0.2, 0.25) is 0 Å². The number of esters is 1. The number of aryl methyl sites for hydroxylation is 1. The van der Waals surface area contributed by atoms with Gasteiger partial charge in [-0.25, -0.2) is 0 Å². The van der Waals surface area contributed by atoms with Gasteiger partial charge in [-0.2, -0.15) is 0 Å². The van der Waals surface area contributed by atoms with Crippen molar-refractivity contribution in [3.05, 3.63) is 71.3 Å². The molecule has 3 nitrogen and oxygen atoms in total. The summed E-state index contributed by atoms with van der Waals surface area (Å²) in [6.45, 7) is 4.01. The number of hydrogen-bond acceptors (Lipinski definition) is 3. The van der Waals surface area contributed by atoms with Crippen LogP contribution in [0.5, 0.6) is 0 Å². The zero-order chi connectivity index (χ0) is 15.9. The van der Waals surface area contributed by atoms with Gasteiger partial charge < -0.3 is 4.74 Å². The number of carbonyl (C=O) groups is 2. The molecule has 3 heteroatoms. The van der Waals surface area contributed by atoms with E-state index in [0.717, 1.165) is 11.1 Å². The molecular formula is C19H20O3. The van der Waals surface area contributed by atoms with Crippen molar-refractivity contribution in [1.82, 2.24) is 0 Å². The third-order valence-electron chi connectivity index (χ3n) is 3.51. The Labute approximate surface area is 130 Å². The van der Waals surface area contributed by atoms with Crippen LogP contribution >= 0.6 is 0 Å². The predicted molar refractivity (Wildman–Crippen MR) is 85.8 cm³/mol. The van der Waals surface area contributed by atoms with Crippen molar-refractivity contribution >= 4 is 11.8 Å². The zero-order valence-electron chi connectivity index (χ0n) is 12.9. The molecule has 1 unspecified atom stereocenters. The summed E-state index contributed by atoms with van der Waals surface area (Å²) in [6.07, 6.45) is 0.354. The van der Waals surface area contributed by atoms with Crippen LogP contribution in [0.3, 0.4) is 0 Å². The first-order chi connectivity index (χ1) is 10.6. The number of ketones is 1. The third-order valence-corrected chi connectivity index (χ3v) is 3.51. The van der Waals surface area contributed by atoms with Gasteiger partial charge in [0.25, 0.3) is 0 Å². The molecule has 0 saturated carbocycles. The van der Waals surface area contributed by atoms with Gasteiger partial charge in [-0.15, -0.1) is 0 Å². The minimum Gasteiger partial charge on any atom is -0.465 e. The molecule has 0 aliphatic heterocycles. The van der Waals surface area contributed by atoms with E-state index >= 15 is 0 Å². The Hall–Kier alpha value is -2.42. The number of carbonyl (C=O) groups excluding carboxylic acids is 2. The van der Waals surface area contributed by atoms with Gasteiger partial charge in [-0.05, 0) is 25.8 Å². The molecule has 2 aromatic carbocycles. The Kier molecular flexibility index (Phi) is 5.48. The van der Waals surface area contributed by atoms with Gasteiger partial charge in [-0.3, -0.25) is 9.59 Å². The first-order valence-electron chi connectivity index (χ1n) is 7.43. The van der Waals surface area contributed by atoms with Crippen molar-refractivity contribution in [1.29, 1.82) is 0 Å². The monoisotopic (exact) mass is 296 g/mol. The van der Waals surface area contributed by atoms with Crippen LogP contribution in [0.25, 0.3) is 0 Å². The van der Waals surface area contributed by atoms with E-state index in [1.54, 1.807) is 31.2 Å². The second-order valence-electron chi connectivity index (χ2n) is 5.22. The molecule has 0 heterocycles. The number of hydrogen-bond donors (Lipinski definition) is 0. The summed E-state index contributed by atoms with van der Waals surface area (Å²) in [6, 6.07) is 16.7. The molecule has 2 aromatic rings. The van der Waals surface area contributed by atoms with Crippen molar-refractivity contribution in [3.63, 3.8) is 0 Å². The van der Waals surface area contributed by atoms with Crippen molar-refractivity contribution < 1.29 is 14.3 Å². The molecular weight excluding hydrogens is 276 g/mol. The average Bonchev–Trinajstić information content (AvgIpc) is 2.54. The fraction of sp³-hybridized carbons (Fsp3) is 0.263. The van der Waals surface area contributed by atoms with Gasteiger partial charge >= 0.3 is 5.97 Å². The van der Waals surface area contributed by atoms with Crippen LogP contribution in [0, 0.1) is 12.8 Å².